The van der Waals surface area contributed by atoms with Crippen molar-refractivity contribution >= 4 is 5.69 Å². The van der Waals surface area contributed by atoms with Crippen LogP contribution in [0.2, 0.25) is 0 Å². The summed E-state index contributed by atoms with van der Waals surface area (Å²) >= 11 is 0. The molecule has 1 aromatic carbocycles. The highest BCUT2D eigenvalue weighted by Crippen LogP contribution is 2.34. The number of nitrogens with two attached hydrogens (primary N) is 1. The molecule has 2 rings (SSSR count). The third-order valence-corrected chi connectivity index (χ3v) is 3.72. The van der Waals surface area contributed by atoms with Crippen molar-refractivity contribution < 1.29 is 4.39 Å². The topological polar surface area (TPSA) is 38.0 Å². The Balaban J connectivity index is 2.13. The second-order valence-corrected chi connectivity index (χ2v) is 5.32. The molecule has 1 aliphatic carbocycles. The SMILES string of the molecule is CC1CCCC(CN)(Nc2cccc(F)c2)C1. The van der Waals surface area contributed by atoms with E-state index in [2.05, 4.69) is 12.2 Å². The van der Waals surface area contributed by atoms with E-state index in [-0.39, 0.29) is 11.4 Å². The number of benzene rings is 1. The summed E-state index contributed by atoms with van der Waals surface area (Å²) in [5.41, 5.74) is 6.72. The zero-order valence-electron chi connectivity index (χ0n) is 10.4. The highest BCUT2D eigenvalue weighted by molar-refractivity contribution is 5.46. The van der Waals surface area contributed by atoms with Crippen molar-refractivity contribution in [1.82, 2.24) is 0 Å². The lowest BCUT2D eigenvalue weighted by atomic mass is 9.76. The molecule has 0 heterocycles. The van der Waals surface area contributed by atoms with Gasteiger partial charge in [0.05, 0.1) is 0 Å². The summed E-state index contributed by atoms with van der Waals surface area (Å²) < 4.78 is 13.2. The van der Waals surface area contributed by atoms with Gasteiger partial charge in [0.2, 0.25) is 0 Å². The van der Waals surface area contributed by atoms with E-state index in [1.807, 2.05) is 6.07 Å². The average Bonchev–Trinajstić information content (AvgIpc) is 2.29. The van der Waals surface area contributed by atoms with Crippen LogP contribution in [0.4, 0.5) is 10.1 Å². The Morgan fingerprint density at radius 2 is 2.35 bits per heavy atom. The van der Waals surface area contributed by atoms with Gasteiger partial charge in [-0.2, -0.15) is 0 Å². The Bertz CT molecular complexity index is 380. The van der Waals surface area contributed by atoms with Crippen LogP contribution in [0.15, 0.2) is 24.3 Å². The molecular weight excluding hydrogens is 215 g/mol. The number of anilines is 1. The van der Waals surface area contributed by atoms with Gasteiger partial charge in [0.15, 0.2) is 0 Å². The normalized spacial score (nSPS) is 29.0. The molecule has 0 aliphatic heterocycles. The standard InChI is InChI=1S/C14H21FN2/c1-11-4-3-7-14(9-11,10-16)17-13-6-2-5-12(15)8-13/h2,5-6,8,11,17H,3-4,7,9-10,16H2,1H3. The van der Waals surface area contributed by atoms with Crippen LogP contribution in [0.1, 0.15) is 32.6 Å². The Morgan fingerprint density at radius 3 is 3.00 bits per heavy atom. The Labute approximate surface area is 102 Å². The van der Waals surface area contributed by atoms with Crippen LogP contribution in [0.5, 0.6) is 0 Å². The molecule has 17 heavy (non-hydrogen) atoms. The molecule has 0 saturated heterocycles. The van der Waals surface area contributed by atoms with Gasteiger partial charge in [0.1, 0.15) is 5.82 Å². The zero-order chi connectivity index (χ0) is 12.3. The van der Waals surface area contributed by atoms with Gasteiger partial charge in [-0.15, -0.1) is 0 Å². The number of nitrogens with one attached hydrogen (secondary N) is 1. The van der Waals surface area contributed by atoms with E-state index < -0.39 is 0 Å². The van der Waals surface area contributed by atoms with Crippen molar-refractivity contribution in [2.45, 2.75) is 38.1 Å². The van der Waals surface area contributed by atoms with Crippen LogP contribution in [-0.2, 0) is 0 Å². The molecule has 0 spiro atoms. The smallest absolute Gasteiger partial charge is 0.125 e. The summed E-state index contributed by atoms with van der Waals surface area (Å²) in [4.78, 5) is 0. The fourth-order valence-electron chi connectivity index (χ4n) is 2.88. The van der Waals surface area contributed by atoms with Crippen LogP contribution in [0.3, 0.4) is 0 Å². The largest absolute Gasteiger partial charge is 0.378 e. The molecule has 1 aliphatic rings. The predicted octanol–water partition coefficient (Wildman–Crippen LogP) is 3.15. The molecular formula is C14H21FN2. The molecule has 0 radical (unpaired) electrons. The average molecular weight is 236 g/mol. The molecule has 0 bridgehead atoms. The molecule has 1 saturated carbocycles. The van der Waals surface area contributed by atoms with E-state index in [9.17, 15) is 4.39 Å². The second kappa shape index (κ2) is 5.05. The zero-order valence-corrected chi connectivity index (χ0v) is 10.4. The van der Waals surface area contributed by atoms with Crippen LogP contribution in [0, 0.1) is 11.7 Å². The highest BCUT2D eigenvalue weighted by Gasteiger charge is 2.33. The molecule has 0 amide bonds. The molecule has 94 valence electrons. The van der Waals surface area contributed by atoms with Crippen molar-refractivity contribution in [3.8, 4) is 0 Å². The fraction of sp³-hybridized carbons (Fsp3) is 0.571. The molecule has 2 atom stereocenters. The van der Waals surface area contributed by atoms with E-state index >= 15 is 0 Å². The van der Waals surface area contributed by atoms with Crippen molar-refractivity contribution in [1.29, 1.82) is 0 Å². The number of hydrogen-bond acceptors (Lipinski definition) is 2. The molecule has 1 fully saturated rings. The van der Waals surface area contributed by atoms with E-state index in [0.29, 0.717) is 12.5 Å². The summed E-state index contributed by atoms with van der Waals surface area (Å²) in [6.45, 7) is 2.87. The molecule has 3 heteroatoms. The van der Waals surface area contributed by atoms with Gasteiger partial charge >= 0.3 is 0 Å². The van der Waals surface area contributed by atoms with E-state index in [1.54, 1.807) is 6.07 Å². The van der Waals surface area contributed by atoms with Crippen LogP contribution in [-0.4, -0.2) is 12.1 Å². The quantitative estimate of drug-likeness (QED) is 0.846. The lowest BCUT2D eigenvalue weighted by molar-refractivity contribution is 0.264. The lowest BCUT2D eigenvalue weighted by Gasteiger charge is -2.40. The van der Waals surface area contributed by atoms with Gasteiger partial charge in [0, 0.05) is 17.8 Å². The van der Waals surface area contributed by atoms with Crippen molar-refractivity contribution in [2.24, 2.45) is 11.7 Å². The van der Waals surface area contributed by atoms with Gasteiger partial charge in [-0.3, -0.25) is 0 Å². The number of hydrogen-bond donors (Lipinski definition) is 2. The number of rotatable bonds is 3. The molecule has 1 aromatic rings. The minimum absolute atomic E-state index is 0.0501. The minimum atomic E-state index is -0.203. The van der Waals surface area contributed by atoms with Crippen molar-refractivity contribution in [3.05, 3.63) is 30.1 Å². The first-order chi connectivity index (χ1) is 8.13. The van der Waals surface area contributed by atoms with E-state index in [0.717, 1.165) is 18.5 Å². The van der Waals surface area contributed by atoms with Gasteiger partial charge in [-0.05, 0) is 37.0 Å². The van der Waals surface area contributed by atoms with Crippen LogP contribution in [0.25, 0.3) is 0 Å². The first-order valence-corrected chi connectivity index (χ1v) is 6.37. The highest BCUT2D eigenvalue weighted by atomic mass is 19.1. The lowest BCUT2D eigenvalue weighted by Crippen LogP contribution is -2.48. The summed E-state index contributed by atoms with van der Waals surface area (Å²) in [5, 5.41) is 3.45. The maximum atomic E-state index is 13.2. The van der Waals surface area contributed by atoms with E-state index in [1.165, 1.54) is 25.0 Å². The Morgan fingerprint density at radius 1 is 1.53 bits per heavy atom. The Kier molecular flexibility index (Phi) is 3.67. The van der Waals surface area contributed by atoms with Crippen molar-refractivity contribution in [3.63, 3.8) is 0 Å². The van der Waals surface area contributed by atoms with Gasteiger partial charge < -0.3 is 11.1 Å². The summed E-state index contributed by atoms with van der Waals surface area (Å²) in [5.74, 6) is 0.486. The third-order valence-electron chi connectivity index (χ3n) is 3.72. The molecule has 2 nitrogen and oxygen atoms in total. The van der Waals surface area contributed by atoms with Gasteiger partial charge in [-0.25, -0.2) is 4.39 Å². The second-order valence-electron chi connectivity index (χ2n) is 5.32. The number of halogens is 1. The fourth-order valence-corrected chi connectivity index (χ4v) is 2.88. The first kappa shape index (κ1) is 12.4. The van der Waals surface area contributed by atoms with Crippen LogP contribution < -0.4 is 11.1 Å². The van der Waals surface area contributed by atoms with Gasteiger partial charge in [0.25, 0.3) is 0 Å². The maximum absolute atomic E-state index is 13.2. The van der Waals surface area contributed by atoms with Crippen LogP contribution >= 0.6 is 0 Å². The molecule has 2 unspecified atom stereocenters. The third kappa shape index (κ3) is 2.97. The molecule has 3 N–H and O–H groups in total. The summed E-state index contributed by atoms with van der Waals surface area (Å²) in [6.07, 6.45) is 4.61. The van der Waals surface area contributed by atoms with Crippen molar-refractivity contribution in [2.75, 3.05) is 11.9 Å². The summed E-state index contributed by atoms with van der Waals surface area (Å²) in [7, 11) is 0. The summed E-state index contributed by atoms with van der Waals surface area (Å²) in [6, 6.07) is 6.63. The minimum Gasteiger partial charge on any atom is -0.378 e. The van der Waals surface area contributed by atoms with E-state index in [4.69, 9.17) is 5.73 Å². The maximum Gasteiger partial charge on any atom is 0.125 e. The predicted molar refractivity (Wildman–Crippen MR) is 69.4 cm³/mol. The Hall–Kier alpha value is -1.09. The van der Waals surface area contributed by atoms with Gasteiger partial charge in [-0.1, -0.05) is 25.8 Å². The first-order valence-electron chi connectivity index (χ1n) is 6.37. The monoisotopic (exact) mass is 236 g/mol. The molecule has 0 aromatic heterocycles.